The third-order valence-electron chi connectivity index (χ3n) is 2.13. The maximum Gasteiger partial charge on any atom is -0.0271 e. The minimum absolute atomic E-state index is 1.06. The van der Waals surface area contributed by atoms with Gasteiger partial charge < -0.3 is 0 Å². The molecule has 0 aliphatic carbocycles. The maximum absolute atomic E-state index is 3.73. The first-order chi connectivity index (χ1) is 6.79. The summed E-state index contributed by atoms with van der Waals surface area (Å²) in [6, 6.07) is 0. The minimum atomic E-state index is 1.06. The molecule has 0 heterocycles. The molecule has 0 spiro atoms. The highest BCUT2D eigenvalue weighted by Gasteiger charge is 1.96. The molecule has 0 saturated heterocycles. The second kappa shape index (κ2) is 8.55. The van der Waals surface area contributed by atoms with Crippen LogP contribution in [0.4, 0.5) is 0 Å². The third-order valence-corrected chi connectivity index (χ3v) is 2.13. The Hall–Kier alpha value is -1.04. The van der Waals surface area contributed by atoms with Crippen LogP contribution in [0.3, 0.4) is 0 Å². The van der Waals surface area contributed by atoms with Gasteiger partial charge in [-0.25, -0.2) is 0 Å². The highest BCUT2D eigenvalue weighted by Crippen LogP contribution is 2.15. The predicted molar refractivity (Wildman–Crippen MR) is 66.4 cm³/mol. The van der Waals surface area contributed by atoms with Gasteiger partial charge in [-0.15, -0.1) is 0 Å². The fourth-order valence-electron chi connectivity index (χ4n) is 1.33. The maximum atomic E-state index is 3.73. The zero-order chi connectivity index (χ0) is 10.8. The topological polar surface area (TPSA) is 0 Å². The van der Waals surface area contributed by atoms with Crippen molar-refractivity contribution in [3.63, 3.8) is 0 Å². The van der Waals surface area contributed by atoms with E-state index in [0.29, 0.717) is 0 Å². The molecule has 0 aromatic rings. The molecule has 0 nitrogen and oxygen atoms in total. The molecule has 0 atom stereocenters. The minimum Gasteiger partial charge on any atom is -0.0991 e. The number of rotatable bonds is 6. The van der Waals surface area contributed by atoms with Crippen molar-refractivity contribution in [1.29, 1.82) is 0 Å². The summed E-state index contributed by atoms with van der Waals surface area (Å²) in [5, 5.41) is 0. The van der Waals surface area contributed by atoms with Gasteiger partial charge in [-0.1, -0.05) is 57.2 Å². The fraction of sp³-hybridized carbons (Fsp3) is 0.429. The summed E-state index contributed by atoms with van der Waals surface area (Å²) in [5.74, 6) is 0. The molecule has 0 unspecified atom stereocenters. The summed E-state index contributed by atoms with van der Waals surface area (Å²) in [4.78, 5) is 0. The van der Waals surface area contributed by atoms with Crippen LogP contribution in [0.25, 0.3) is 0 Å². The number of allylic oxidation sites excluding steroid dienone is 7. The average Bonchev–Trinajstić information content (AvgIpc) is 2.22. The molecule has 14 heavy (non-hydrogen) atoms. The highest BCUT2D eigenvalue weighted by atomic mass is 14.0. The largest absolute Gasteiger partial charge is 0.0991 e. The van der Waals surface area contributed by atoms with Crippen molar-refractivity contribution in [1.82, 2.24) is 0 Å². The first-order valence-corrected chi connectivity index (χ1v) is 5.44. The van der Waals surface area contributed by atoms with Gasteiger partial charge in [0.1, 0.15) is 0 Å². The summed E-state index contributed by atoms with van der Waals surface area (Å²) in [5.41, 5.74) is 2.68. The molecule has 0 aromatic carbocycles. The van der Waals surface area contributed by atoms with Crippen molar-refractivity contribution in [3.8, 4) is 0 Å². The standard InChI is InChI=1S/C14H22/c1-5-9-10-12-14(8-4)13(7-3)11-6-2/h6,8,10-12H,2,5,7,9H2,1,3-4H3/b12-10-,13-11-,14-8-. The summed E-state index contributed by atoms with van der Waals surface area (Å²) in [6.07, 6.45) is 14.0. The van der Waals surface area contributed by atoms with E-state index in [2.05, 4.69) is 51.7 Å². The van der Waals surface area contributed by atoms with Crippen molar-refractivity contribution in [2.24, 2.45) is 0 Å². The monoisotopic (exact) mass is 190 g/mol. The third kappa shape index (κ3) is 4.86. The van der Waals surface area contributed by atoms with Crippen LogP contribution in [0.15, 0.2) is 48.1 Å². The fourth-order valence-corrected chi connectivity index (χ4v) is 1.33. The smallest absolute Gasteiger partial charge is 0.0271 e. The molecule has 0 aliphatic heterocycles. The van der Waals surface area contributed by atoms with E-state index in [-0.39, 0.29) is 0 Å². The average molecular weight is 190 g/mol. The van der Waals surface area contributed by atoms with Gasteiger partial charge in [0.15, 0.2) is 0 Å². The van der Waals surface area contributed by atoms with Crippen LogP contribution in [0.2, 0.25) is 0 Å². The predicted octanol–water partition coefficient (Wildman–Crippen LogP) is 4.81. The summed E-state index contributed by atoms with van der Waals surface area (Å²) in [6.45, 7) is 10.2. The van der Waals surface area contributed by atoms with Gasteiger partial charge in [0.25, 0.3) is 0 Å². The molecule has 0 aromatic heterocycles. The van der Waals surface area contributed by atoms with Crippen molar-refractivity contribution in [3.05, 3.63) is 48.1 Å². The first kappa shape index (κ1) is 13.0. The molecule has 0 bridgehead atoms. The van der Waals surface area contributed by atoms with Crippen LogP contribution < -0.4 is 0 Å². The van der Waals surface area contributed by atoms with E-state index in [1.165, 1.54) is 17.6 Å². The van der Waals surface area contributed by atoms with Gasteiger partial charge in [0, 0.05) is 0 Å². The molecule has 0 radical (unpaired) electrons. The lowest BCUT2D eigenvalue weighted by Crippen LogP contribution is -1.84. The summed E-state index contributed by atoms with van der Waals surface area (Å²) in [7, 11) is 0. The van der Waals surface area contributed by atoms with Gasteiger partial charge in [0.2, 0.25) is 0 Å². The van der Waals surface area contributed by atoms with Crippen molar-refractivity contribution >= 4 is 0 Å². The lowest BCUT2D eigenvalue weighted by Gasteiger charge is -2.04. The van der Waals surface area contributed by atoms with Crippen LogP contribution in [-0.2, 0) is 0 Å². The van der Waals surface area contributed by atoms with E-state index < -0.39 is 0 Å². The first-order valence-electron chi connectivity index (χ1n) is 5.44. The summed E-state index contributed by atoms with van der Waals surface area (Å²) < 4.78 is 0. The highest BCUT2D eigenvalue weighted by molar-refractivity contribution is 5.40. The van der Waals surface area contributed by atoms with Crippen molar-refractivity contribution < 1.29 is 0 Å². The molecule has 0 saturated carbocycles. The normalized spacial score (nSPS) is 13.6. The van der Waals surface area contributed by atoms with Crippen LogP contribution >= 0.6 is 0 Å². The number of hydrogen-bond acceptors (Lipinski definition) is 0. The van der Waals surface area contributed by atoms with E-state index in [1.54, 1.807) is 0 Å². The Kier molecular flexibility index (Phi) is 7.92. The van der Waals surface area contributed by atoms with E-state index >= 15 is 0 Å². The van der Waals surface area contributed by atoms with Gasteiger partial charge in [-0.05, 0) is 30.9 Å². The zero-order valence-electron chi connectivity index (χ0n) is 9.72. The quantitative estimate of drug-likeness (QED) is 0.527. The Morgan fingerprint density at radius 2 is 2.00 bits per heavy atom. The SMILES string of the molecule is C=C\C=C(CC)/C(/C=C\CCC)=C\C. The number of unbranched alkanes of at least 4 members (excludes halogenated alkanes) is 1. The van der Waals surface area contributed by atoms with Crippen LogP contribution in [0.5, 0.6) is 0 Å². The van der Waals surface area contributed by atoms with E-state index in [9.17, 15) is 0 Å². The van der Waals surface area contributed by atoms with Crippen molar-refractivity contribution in [2.75, 3.05) is 0 Å². The van der Waals surface area contributed by atoms with E-state index in [0.717, 1.165) is 12.8 Å². The Balaban J connectivity index is 4.55. The molecule has 78 valence electrons. The Bertz CT molecular complexity index is 239. The second-order valence-corrected chi connectivity index (χ2v) is 3.22. The number of hydrogen-bond donors (Lipinski definition) is 0. The van der Waals surface area contributed by atoms with Crippen molar-refractivity contribution in [2.45, 2.75) is 40.0 Å². The van der Waals surface area contributed by atoms with Gasteiger partial charge in [0.05, 0.1) is 0 Å². The van der Waals surface area contributed by atoms with Gasteiger partial charge in [-0.3, -0.25) is 0 Å². The second-order valence-electron chi connectivity index (χ2n) is 3.22. The molecule has 0 amide bonds. The summed E-state index contributed by atoms with van der Waals surface area (Å²) >= 11 is 0. The molecular weight excluding hydrogens is 168 g/mol. The molecule has 0 aliphatic rings. The molecule has 0 heteroatoms. The lowest BCUT2D eigenvalue weighted by atomic mass is 10.0. The van der Waals surface area contributed by atoms with Gasteiger partial charge in [-0.2, -0.15) is 0 Å². The van der Waals surface area contributed by atoms with E-state index in [4.69, 9.17) is 0 Å². The lowest BCUT2D eigenvalue weighted by molar-refractivity contribution is 0.957. The van der Waals surface area contributed by atoms with Crippen LogP contribution in [0.1, 0.15) is 40.0 Å². The van der Waals surface area contributed by atoms with Gasteiger partial charge >= 0.3 is 0 Å². The molecule has 0 rings (SSSR count). The molecular formula is C14H22. The van der Waals surface area contributed by atoms with E-state index in [1.807, 2.05) is 6.08 Å². The van der Waals surface area contributed by atoms with Crippen LogP contribution in [0, 0.1) is 0 Å². The Morgan fingerprint density at radius 3 is 2.43 bits per heavy atom. The molecule has 0 N–H and O–H groups in total. The Labute approximate surface area is 88.7 Å². The Morgan fingerprint density at radius 1 is 1.29 bits per heavy atom. The molecule has 0 fully saturated rings. The zero-order valence-corrected chi connectivity index (χ0v) is 9.72. The van der Waals surface area contributed by atoms with Crippen LogP contribution in [-0.4, -0.2) is 0 Å².